The van der Waals surface area contributed by atoms with Crippen molar-refractivity contribution in [1.29, 1.82) is 0 Å². The molecule has 0 unspecified atom stereocenters. The molecule has 0 saturated carbocycles. The van der Waals surface area contributed by atoms with Crippen LogP contribution in [0.15, 0.2) is 16.8 Å². The summed E-state index contributed by atoms with van der Waals surface area (Å²) in [5, 5.41) is 10.3. The molecule has 6 nitrogen and oxygen atoms in total. The van der Waals surface area contributed by atoms with E-state index in [0.717, 1.165) is 5.69 Å². The molecule has 68 valence electrons. The van der Waals surface area contributed by atoms with Crippen LogP contribution < -0.4 is 4.90 Å². The van der Waals surface area contributed by atoms with Crippen LogP contribution in [0.5, 0.6) is 0 Å². The van der Waals surface area contributed by atoms with E-state index in [-0.39, 0.29) is 0 Å². The summed E-state index contributed by atoms with van der Waals surface area (Å²) in [5.41, 5.74) is 0.723. The van der Waals surface area contributed by atoms with Crippen molar-refractivity contribution in [3.63, 3.8) is 0 Å². The van der Waals surface area contributed by atoms with Crippen molar-refractivity contribution in [2.45, 2.75) is 0 Å². The van der Waals surface area contributed by atoms with Crippen LogP contribution in [-0.4, -0.2) is 34.4 Å². The van der Waals surface area contributed by atoms with Crippen molar-refractivity contribution in [1.82, 2.24) is 20.3 Å². The van der Waals surface area contributed by atoms with E-state index < -0.39 is 0 Å². The van der Waals surface area contributed by atoms with Crippen molar-refractivity contribution >= 4 is 5.95 Å². The first-order valence-electron chi connectivity index (χ1n) is 3.78. The van der Waals surface area contributed by atoms with Gasteiger partial charge in [-0.1, -0.05) is 0 Å². The second kappa shape index (κ2) is 2.89. The van der Waals surface area contributed by atoms with E-state index in [4.69, 9.17) is 4.52 Å². The monoisotopic (exact) mass is 179 g/mol. The highest BCUT2D eigenvalue weighted by Crippen LogP contribution is 2.15. The normalized spacial score (nSPS) is 10.3. The number of hydrogen-bond acceptors (Lipinski definition) is 5. The van der Waals surface area contributed by atoms with E-state index in [1.165, 1.54) is 0 Å². The summed E-state index contributed by atoms with van der Waals surface area (Å²) in [4.78, 5) is 5.90. The third-order valence-electron chi connectivity index (χ3n) is 1.55. The quantitative estimate of drug-likeness (QED) is 0.727. The molecule has 0 aliphatic heterocycles. The Morgan fingerprint density at radius 3 is 2.85 bits per heavy atom. The summed E-state index contributed by atoms with van der Waals surface area (Å²) < 4.78 is 5.00. The third-order valence-corrected chi connectivity index (χ3v) is 1.55. The van der Waals surface area contributed by atoms with Gasteiger partial charge >= 0.3 is 0 Å². The highest BCUT2D eigenvalue weighted by molar-refractivity contribution is 5.47. The molecular weight excluding hydrogens is 170 g/mol. The standard InChI is InChI=1S/C7H9N5O/c1-12(2)7-9-6(13-11-7)5-3-4-8-10-5/h3-4H,1-2H3,(H,8,10). The van der Waals surface area contributed by atoms with E-state index >= 15 is 0 Å². The predicted octanol–water partition coefficient (Wildman–Crippen LogP) is 0.526. The number of anilines is 1. The van der Waals surface area contributed by atoms with Crippen molar-refractivity contribution in [2.24, 2.45) is 0 Å². The highest BCUT2D eigenvalue weighted by atomic mass is 16.5. The number of aromatic amines is 1. The average Bonchev–Trinajstić information content (AvgIpc) is 2.75. The molecule has 0 atom stereocenters. The first kappa shape index (κ1) is 7.78. The molecule has 2 aromatic heterocycles. The molecule has 2 aromatic rings. The third kappa shape index (κ3) is 1.37. The van der Waals surface area contributed by atoms with Gasteiger partial charge in [0, 0.05) is 20.3 Å². The zero-order chi connectivity index (χ0) is 9.26. The Morgan fingerprint density at radius 1 is 1.46 bits per heavy atom. The van der Waals surface area contributed by atoms with Gasteiger partial charge in [-0.2, -0.15) is 10.1 Å². The fourth-order valence-corrected chi connectivity index (χ4v) is 0.882. The molecule has 6 heteroatoms. The molecule has 0 aromatic carbocycles. The zero-order valence-electron chi connectivity index (χ0n) is 7.35. The number of nitrogens with one attached hydrogen (secondary N) is 1. The minimum absolute atomic E-state index is 0.446. The van der Waals surface area contributed by atoms with Crippen LogP contribution in [0.25, 0.3) is 11.6 Å². The van der Waals surface area contributed by atoms with Crippen LogP contribution in [0.3, 0.4) is 0 Å². The lowest BCUT2D eigenvalue weighted by atomic mass is 10.4. The van der Waals surface area contributed by atoms with E-state index in [9.17, 15) is 0 Å². The smallest absolute Gasteiger partial charge is 0.277 e. The first-order valence-corrected chi connectivity index (χ1v) is 3.78. The Bertz CT molecular complexity index is 377. The zero-order valence-corrected chi connectivity index (χ0v) is 7.35. The fourth-order valence-electron chi connectivity index (χ4n) is 0.882. The average molecular weight is 179 g/mol. The molecule has 0 aliphatic carbocycles. The van der Waals surface area contributed by atoms with Gasteiger partial charge in [0.15, 0.2) is 0 Å². The number of nitrogens with zero attached hydrogens (tertiary/aromatic N) is 4. The van der Waals surface area contributed by atoms with Gasteiger partial charge in [0.05, 0.1) is 0 Å². The molecule has 0 bridgehead atoms. The van der Waals surface area contributed by atoms with Crippen molar-refractivity contribution in [2.75, 3.05) is 19.0 Å². The maximum absolute atomic E-state index is 5.00. The van der Waals surface area contributed by atoms with Gasteiger partial charge in [0.1, 0.15) is 5.69 Å². The second-order valence-corrected chi connectivity index (χ2v) is 2.76. The van der Waals surface area contributed by atoms with Gasteiger partial charge < -0.3 is 9.42 Å². The number of rotatable bonds is 2. The first-order chi connectivity index (χ1) is 6.27. The maximum atomic E-state index is 5.00. The lowest BCUT2D eigenvalue weighted by Crippen LogP contribution is -2.10. The second-order valence-electron chi connectivity index (χ2n) is 2.76. The van der Waals surface area contributed by atoms with Gasteiger partial charge in [-0.15, -0.1) is 0 Å². The summed E-state index contributed by atoms with van der Waals surface area (Å²) in [6, 6.07) is 1.77. The van der Waals surface area contributed by atoms with E-state index in [1.54, 1.807) is 17.2 Å². The highest BCUT2D eigenvalue weighted by Gasteiger charge is 2.10. The van der Waals surface area contributed by atoms with Gasteiger partial charge in [-0.25, -0.2) is 0 Å². The summed E-state index contributed by atoms with van der Waals surface area (Å²) in [7, 11) is 3.70. The van der Waals surface area contributed by atoms with Crippen molar-refractivity contribution in [3.05, 3.63) is 12.3 Å². The van der Waals surface area contributed by atoms with Crippen LogP contribution in [0, 0.1) is 0 Å². The fraction of sp³-hybridized carbons (Fsp3) is 0.286. The Labute approximate surface area is 74.6 Å². The molecule has 0 saturated heterocycles. The van der Waals surface area contributed by atoms with E-state index in [0.29, 0.717) is 11.8 Å². The molecular formula is C7H9N5O. The number of aromatic nitrogens is 4. The molecule has 0 aliphatic rings. The minimum Gasteiger partial charge on any atom is -0.344 e. The molecule has 2 rings (SSSR count). The molecule has 2 heterocycles. The molecule has 1 N–H and O–H groups in total. The molecule has 0 spiro atoms. The Balaban J connectivity index is 2.33. The van der Waals surface area contributed by atoms with Crippen LogP contribution in [0.1, 0.15) is 0 Å². The maximum Gasteiger partial charge on any atom is 0.277 e. The Hall–Kier alpha value is -1.85. The lowest BCUT2D eigenvalue weighted by molar-refractivity contribution is 0.429. The van der Waals surface area contributed by atoms with E-state index in [2.05, 4.69) is 20.3 Å². The van der Waals surface area contributed by atoms with Gasteiger partial charge in [-0.05, 0) is 11.2 Å². The summed E-state index contributed by atoms with van der Waals surface area (Å²) in [6.07, 6.45) is 1.63. The van der Waals surface area contributed by atoms with Crippen LogP contribution in [-0.2, 0) is 0 Å². The number of hydrogen-bond donors (Lipinski definition) is 1. The van der Waals surface area contributed by atoms with E-state index in [1.807, 2.05) is 14.1 Å². The van der Waals surface area contributed by atoms with Crippen molar-refractivity contribution in [3.8, 4) is 11.6 Å². The molecule has 0 amide bonds. The predicted molar refractivity (Wildman–Crippen MR) is 46.2 cm³/mol. The Morgan fingerprint density at radius 2 is 2.31 bits per heavy atom. The van der Waals surface area contributed by atoms with Crippen LogP contribution in [0.2, 0.25) is 0 Å². The summed E-state index contributed by atoms with van der Waals surface area (Å²) >= 11 is 0. The van der Waals surface area contributed by atoms with Gasteiger partial charge in [-0.3, -0.25) is 5.10 Å². The van der Waals surface area contributed by atoms with Crippen LogP contribution in [0.4, 0.5) is 5.95 Å². The topological polar surface area (TPSA) is 70.8 Å². The SMILES string of the molecule is CN(C)c1noc(-c2ccn[nH]2)n1. The van der Waals surface area contributed by atoms with Gasteiger partial charge in [0.2, 0.25) is 0 Å². The number of H-pyrrole nitrogens is 1. The molecule has 0 radical (unpaired) electrons. The molecule has 13 heavy (non-hydrogen) atoms. The van der Waals surface area contributed by atoms with Gasteiger partial charge in [0.25, 0.3) is 11.8 Å². The largest absolute Gasteiger partial charge is 0.344 e. The summed E-state index contributed by atoms with van der Waals surface area (Å²) in [6.45, 7) is 0. The minimum atomic E-state index is 0.446. The Kier molecular flexibility index (Phi) is 1.73. The molecule has 0 fully saturated rings. The van der Waals surface area contributed by atoms with Crippen molar-refractivity contribution < 1.29 is 4.52 Å². The van der Waals surface area contributed by atoms with Crippen LogP contribution >= 0.6 is 0 Å². The lowest BCUT2D eigenvalue weighted by Gasteiger charge is -2.01. The summed E-state index contributed by atoms with van der Waals surface area (Å²) in [5.74, 6) is 0.991.